The van der Waals surface area contributed by atoms with E-state index in [1.165, 1.54) is 5.56 Å². The largest absolute Gasteiger partial charge is 0.394 e. The van der Waals surface area contributed by atoms with Crippen molar-refractivity contribution in [2.24, 2.45) is 5.73 Å². The second-order valence-corrected chi connectivity index (χ2v) is 3.44. The molecule has 0 radical (unpaired) electrons. The highest BCUT2D eigenvalue weighted by Gasteiger charge is 2.18. The topological polar surface area (TPSA) is 46.2 Å². The summed E-state index contributed by atoms with van der Waals surface area (Å²) in [5, 5.41) is 8.99. The fraction of sp³-hybridized carbons (Fsp3) is 0.400. The first-order valence-corrected chi connectivity index (χ1v) is 4.03. The highest BCUT2D eigenvalue weighted by molar-refractivity contribution is 5.26. The van der Waals surface area contributed by atoms with Crippen LogP contribution in [0.5, 0.6) is 0 Å². The Labute approximate surface area is 73.0 Å². The Hall–Kier alpha value is -0.860. The summed E-state index contributed by atoms with van der Waals surface area (Å²) in [6, 6.07) is 7.89. The van der Waals surface area contributed by atoms with E-state index >= 15 is 0 Å². The van der Waals surface area contributed by atoms with E-state index in [2.05, 4.69) is 0 Å². The molecule has 0 saturated heterocycles. The van der Waals surface area contributed by atoms with Crippen LogP contribution in [0.25, 0.3) is 0 Å². The van der Waals surface area contributed by atoms with Crippen LogP contribution in [0, 0.1) is 6.92 Å². The number of aryl methyl sites for hydroxylation is 1. The summed E-state index contributed by atoms with van der Waals surface area (Å²) in [4.78, 5) is 0. The molecule has 0 bridgehead atoms. The summed E-state index contributed by atoms with van der Waals surface area (Å²) in [5.41, 5.74) is 7.39. The number of hydrogen-bond donors (Lipinski definition) is 2. The van der Waals surface area contributed by atoms with E-state index in [1.54, 1.807) is 0 Å². The van der Waals surface area contributed by atoms with Gasteiger partial charge in [-0.15, -0.1) is 0 Å². The van der Waals surface area contributed by atoms with Crippen LogP contribution in [0.2, 0.25) is 0 Å². The van der Waals surface area contributed by atoms with Crippen LogP contribution < -0.4 is 5.73 Å². The van der Waals surface area contributed by atoms with Crippen LogP contribution in [0.1, 0.15) is 18.1 Å². The Balaban J connectivity index is 2.96. The predicted molar refractivity (Wildman–Crippen MR) is 49.8 cm³/mol. The van der Waals surface area contributed by atoms with Gasteiger partial charge in [0.1, 0.15) is 0 Å². The van der Waals surface area contributed by atoms with E-state index in [0.29, 0.717) is 0 Å². The summed E-state index contributed by atoms with van der Waals surface area (Å²) in [5.74, 6) is 0. The first-order chi connectivity index (χ1) is 5.56. The van der Waals surface area contributed by atoms with Gasteiger partial charge in [-0.2, -0.15) is 0 Å². The maximum atomic E-state index is 8.99. The van der Waals surface area contributed by atoms with E-state index < -0.39 is 5.54 Å². The number of benzene rings is 1. The molecule has 0 aliphatic heterocycles. The lowest BCUT2D eigenvalue weighted by molar-refractivity contribution is 0.210. The molecule has 3 N–H and O–H groups in total. The summed E-state index contributed by atoms with van der Waals surface area (Å²) < 4.78 is 0. The van der Waals surface area contributed by atoms with Gasteiger partial charge in [0.15, 0.2) is 0 Å². The Bertz CT molecular complexity index is 251. The Morgan fingerprint density at radius 2 is 1.83 bits per heavy atom. The van der Waals surface area contributed by atoms with Crippen LogP contribution in [0.4, 0.5) is 0 Å². The fourth-order valence-electron chi connectivity index (χ4n) is 1.03. The van der Waals surface area contributed by atoms with Gasteiger partial charge in [-0.1, -0.05) is 29.8 Å². The van der Waals surface area contributed by atoms with Crippen LogP contribution in [-0.4, -0.2) is 11.7 Å². The number of nitrogens with two attached hydrogens (primary N) is 1. The fourth-order valence-corrected chi connectivity index (χ4v) is 1.03. The minimum Gasteiger partial charge on any atom is -0.394 e. The predicted octanol–water partition coefficient (Wildman–Crippen LogP) is 1.16. The van der Waals surface area contributed by atoms with Crippen molar-refractivity contribution in [1.29, 1.82) is 0 Å². The second-order valence-electron chi connectivity index (χ2n) is 3.44. The average Bonchev–Trinajstić information content (AvgIpc) is 2.05. The van der Waals surface area contributed by atoms with Crippen LogP contribution in [0.3, 0.4) is 0 Å². The number of rotatable bonds is 2. The number of aliphatic hydroxyl groups excluding tert-OH is 1. The van der Waals surface area contributed by atoms with Crippen molar-refractivity contribution in [2.75, 3.05) is 6.61 Å². The maximum Gasteiger partial charge on any atom is 0.0650 e. The molecule has 0 aliphatic rings. The molecule has 0 heterocycles. The van der Waals surface area contributed by atoms with Crippen molar-refractivity contribution in [3.05, 3.63) is 35.4 Å². The molecule has 1 aromatic carbocycles. The van der Waals surface area contributed by atoms with Crippen molar-refractivity contribution in [3.63, 3.8) is 0 Å². The first kappa shape index (κ1) is 9.23. The van der Waals surface area contributed by atoms with E-state index in [9.17, 15) is 0 Å². The second kappa shape index (κ2) is 3.25. The molecule has 1 atom stereocenters. The summed E-state index contributed by atoms with van der Waals surface area (Å²) >= 11 is 0. The molecule has 1 rings (SSSR count). The summed E-state index contributed by atoms with van der Waals surface area (Å²) in [6.07, 6.45) is 0. The van der Waals surface area contributed by atoms with Crippen LogP contribution in [0.15, 0.2) is 24.3 Å². The van der Waals surface area contributed by atoms with Gasteiger partial charge in [0.25, 0.3) is 0 Å². The van der Waals surface area contributed by atoms with Gasteiger partial charge in [0.2, 0.25) is 0 Å². The van der Waals surface area contributed by atoms with Crippen molar-refractivity contribution in [2.45, 2.75) is 19.4 Å². The molecule has 2 heteroatoms. The number of hydrogen-bond acceptors (Lipinski definition) is 2. The van der Waals surface area contributed by atoms with Crippen LogP contribution in [-0.2, 0) is 5.54 Å². The third-order valence-corrected chi connectivity index (χ3v) is 2.04. The van der Waals surface area contributed by atoms with Crippen molar-refractivity contribution >= 4 is 0 Å². The molecule has 0 spiro atoms. The average molecular weight is 165 g/mol. The SMILES string of the molecule is Cc1ccc([C@](C)(N)CO)cc1. The Morgan fingerprint density at radius 3 is 2.25 bits per heavy atom. The molecule has 0 amide bonds. The molecule has 0 aliphatic carbocycles. The Kier molecular flexibility index (Phi) is 2.50. The number of aliphatic hydroxyl groups is 1. The molecule has 12 heavy (non-hydrogen) atoms. The maximum absolute atomic E-state index is 8.99. The molecule has 0 unspecified atom stereocenters. The third-order valence-electron chi connectivity index (χ3n) is 2.04. The molecular weight excluding hydrogens is 150 g/mol. The minimum atomic E-state index is -0.617. The van der Waals surface area contributed by atoms with Gasteiger partial charge < -0.3 is 10.8 Å². The highest BCUT2D eigenvalue weighted by atomic mass is 16.3. The molecule has 66 valence electrons. The van der Waals surface area contributed by atoms with Crippen molar-refractivity contribution < 1.29 is 5.11 Å². The molecule has 0 saturated carbocycles. The highest BCUT2D eigenvalue weighted by Crippen LogP contribution is 2.16. The molecule has 0 fully saturated rings. The van der Waals surface area contributed by atoms with E-state index in [4.69, 9.17) is 10.8 Å². The molecule has 2 nitrogen and oxygen atoms in total. The summed E-state index contributed by atoms with van der Waals surface area (Å²) in [6.45, 7) is 3.81. The minimum absolute atomic E-state index is 0.0317. The van der Waals surface area contributed by atoms with Gasteiger partial charge in [0, 0.05) is 0 Å². The van der Waals surface area contributed by atoms with E-state index in [-0.39, 0.29) is 6.61 Å². The zero-order valence-corrected chi connectivity index (χ0v) is 7.54. The van der Waals surface area contributed by atoms with Gasteiger partial charge in [-0.05, 0) is 19.4 Å². The van der Waals surface area contributed by atoms with E-state index in [0.717, 1.165) is 5.56 Å². The van der Waals surface area contributed by atoms with Gasteiger partial charge in [-0.3, -0.25) is 0 Å². The summed E-state index contributed by atoms with van der Waals surface area (Å²) in [7, 11) is 0. The monoisotopic (exact) mass is 165 g/mol. The normalized spacial score (nSPS) is 15.7. The zero-order chi connectivity index (χ0) is 9.19. The first-order valence-electron chi connectivity index (χ1n) is 4.03. The molecular formula is C10H15NO. The molecule has 1 aromatic rings. The van der Waals surface area contributed by atoms with Gasteiger partial charge in [0.05, 0.1) is 12.1 Å². The smallest absolute Gasteiger partial charge is 0.0650 e. The lowest BCUT2D eigenvalue weighted by Crippen LogP contribution is -2.36. The van der Waals surface area contributed by atoms with Gasteiger partial charge >= 0.3 is 0 Å². The van der Waals surface area contributed by atoms with E-state index in [1.807, 2.05) is 38.1 Å². The third kappa shape index (κ3) is 1.84. The van der Waals surface area contributed by atoms with Gasteiger partial charge in [-0.25, -0.2) is 0 Å². The zero-order valence-electron chi connectivity index (χ0n) is 7.54. The Morgan fingerprint density at radius 1 is 1.33 bits per heavy atom. The van der Waals surface area contributed by atoms with Crippen molar-refractivity contribution in [3.8, 4) is 0 Å². The quantitative estimate of drug-likeness (QED) is 0.690. The van der Waals surface area contributed by atoms with Crippen molar-refractivity contribution in [1.82, 2.24) is 0 Å². The molecule has 0 aromatic heterocycles. The lowest BCUT2D eigenvalue weighted by Gasteiger charge is -2.22. The lowest BCUT2D eigenvalue weighted by atomic mass is 9.94. The standard InChI is InChI=1S/C10H15NO/c1-8-3-5-9(6-4-8)10(2,11)7-12/h3-6,12H,7,11H2,1-2H3/t10-/m1/s1. The van der Waals surface area contributed by atoms with Crippen LogP contribution >= 0.6 is 0 Å².